The van der Waals surface area contributed by atoms with E-state index in [0.717, 1.165) is 29.9 Å². The molecule has 2 aromatic rings. The minimum Gasteiger partial charge on any atom is -0.477 e. The van der Waals surface area contributed by atoms with Crippen LogP contribution in [-0.4, -0.2) is 35.2 Å². The molecule has 25 heavy (non-hydrogen) atoms. The molecule has 1 fully saturated rings. The number of hydrogen-bond donors (Lipinski definition) is 2. The Morgan fingerprint density at radius 3 is 2.88 bits per heavy atom. The third kappa shape index (κ3) is 3.88. The van der Waals surface area contributed by atoms with Crippen LogP contribution in [0.5, 0.6) is 0 Å². The lowest BCUT2D eigenvalue weighted by Gasteiger charge is -2.13. The van der Waals surface area contributed by atoms with Crippen LogP contribution in [0.1, 0.15) is 61.6 Å². The molecule has 7 heteroatoms. The molecule has 0 bridgehead atoms. The Kier molecular flexibility index (Phi) is 5.15. The van der Waals surface area contributed by atoms with Gasteiger partial charge in [-0.3, -0.25) is 4.79 Å². The summed E-state index contributed by atoms with van der Waals surface area (Å²) >= 11 is 1.09. The normalized spacial score (nSPS) is 18.1. The molecule has 1 aliphatic rings. The van der Waals surface area contributed by atoms with Crippen LogP contribution in [-0.2, 0) is 4.74 Å². The number of carboxylic acids is 1. The summed E-state index contributed by atoms with van der Waals surface area (Å²) in [4.78, 5) is 28.2. The number of thiazole rings is 1. The van der Waals surface area contributed by atoms with E-state index in [1.165, 1.54) is 0 Å². The van der Waals surface area contributed by atoms with Crippen LogP contribution in [0.25, 0.3) is 0 Å². The van der Waals surface area contributed by atoms with E-state index in [1.807, 2.05) is 18.2 Å². The van der Waals surface area contributed by atoms with E-state index in [0.29, 0.717) is 28.8 Å². The van der Waals surface area contributed by atoms with Crippen LogP contribution >= 0.6 is 11.3 Å². The Balaban J connectivity index is 1.72. The molecule has 1 aromatic heterocycles. The number of carbonyl (C=O) groups excluding carboxylic acids is 1. The van der Waals surface area contributed by atoms with Crippen LogP contribution in [0.4, 0.5) is 0 Å². The van der Waals surface area contributed by atoms with Gasteiger partial charge in [-0.15, -0.1) is 11.3 Å². The second-order valence-corrected chi connectivity index (χ2v) is 7.18. The van der Waals surface area contributed by atoms with Crippen molar-refractivity contribution in [1.29, 1.82) is 0 Å². The van der Waals surface area contributed by atoms with Crippen LogP contribution in [0, 0.1) is 6.92 Å². The highest BCUT2D eigenvalue weighted by molar-refractivity contribution is 7.13. The number of aromatic nitrogens is 1. The van der Waals surface area contributed by atoms with Crippen molar-refractivity contribution >= 4 is 23.2 Å². The topological polar surface area (TPSA) is 88.5 Å². The van der Waals surface area contributed by atoms with Crippen LogP contribution < -0.4 is 5.32 Å². The van der Waals surface area contributed by atoms with E-state index in [1.54, 1.807) is 19.9 Å². The Morgan fingerprint density at radius 1 is 1.44 bits per heavy atom. The number of amides is 1. The highest BCUT2D eigenvalue weighted by Gasteiger charge is 2.21. The number of nitrogens with one attached hydrogen (secondary N) is 1. The third-order valence-corrected chi connectivity index (χ3v) is 5.60. The average Bonchev–Trinajstić information content (AvgIpc) is 3.24. The lowest BCUT2D eigenvalue weighted by Crippen LogP contribution is -2.26. The molecule has 2 N–H and O–H groups in total. The molecule has 132 valence electrons. The second-order valence-electron chi connectivity index (χ2n) is 6.15. The van der Waals surface area contributed by atoms with Crippen LogP contribution in [0.15, 0.2) is 24.3 Å². The summed E-state index contributed by atoms with van der Waals surface area (Å²) in [7, 11) is 0. The van der Waals surface area contributed by atoms with E-state index >= 15 is 0 Å². The molecule has 1 aliphatic heterocycles. The van der Waals surface area contributed by atoms with E-state index in [-0.39, 0.29) is 16.8 Å². The lowest BCUT2D eigenvalue weighted by atomic mass is 9.96. The number of nitrogens with zero attached hydrogens (tertiary/aromatic N) is 1. The van der Waals surface area contributed by atoms with Gasteiger partial charge in [0.25, 0.3) is 5.91 Å². The van der Waals surface area contributed by atoms with Gasteiger partial charge in [-0.2, -0.15) is 0 Å². The van der Waals surface area contributed by atoms with Gasteiger partial charge < -0.3 is 15.2 Å². The van der Waals surface area contributed by atoms with Crippen LogP contribution in [0.3, 0.4) is 0 Å². The maximum Gasteiger partial charge on any atom is 0.347 e. The number of ether oxygens (including phenoxy) is 1. The smallest absolute Gasteiger partial charge is 0.347 e. The summed E-state index contributed by atoms with van der Waals surface area (Å²) in [5, 5.41) is 12.6. The van der Waals surface area contributed by atoms with Crippen molar-refractivity contribution in [3.63, 3.8) is 0 Å². The van der Waals surface area contributed by atoms with Gasteiger partial charge in [0.15, 0.2) is 0 Å². The maximum absolute atomic E-state index is 12.5. The van der Waals surface area contributed by atoms with E-state index < -0.39 is 5.97 Å². The Labute approximate surface area is 149 Å². The molecule has 0 spiro atoms. The standard InChI is InChI=1S/C18H20N2O4S/c1-10-15(18(22)23)25-17(20-10)11(2)19-16(21)13-5-3-4-12(8-13)14-6-7-24-9-14/h3-5,8,11,14H,6-7,9H2,1-2H3,(H,19,21)(H,22,23). The highest BCUT2D eigenvalue weighted by atomic mass is 32.1. The minimum absolute atomic E-state index is 0.196. The van der Waals surface area contributed by atoms with Crippen molar-refractivity contribution in [3.8, 4) is 0 Å². The zero-order chi connectivity index (χ0) is 18.0. The number of aromatic carboxylic acids is 1. The van der Waals surface area contributed by atoms with Crippen LogP contribution in [0.2, 0.25) is 0 Å². The van der Waals surface area contributed by atoms with Gasteiger partial charge in [0, 0.05) is 18.1 Å². The van der Waals surface area contributed by atoms with Crippen molar-refractivity contribution in [2.75, 3.05) is 13.2 Å². The molecule has 2 unspecified atom stereocenters. The van der Waals surface area contributed by atoms with Gasteiger partial charge in [-0.25, -0.2) is 9.78 Å². The van der Waals surface area contributed by atoms with E-state index in [2.05, 4.69) is 10.3 Å². The van der Waals surface area contributed by atoms with Crippen molar-refractivity contribution in [1.82, 2.24) is 10.3 Å². The highest BCUT2D eigenvalue weighted by Crippen LogP contribution is 2.26. The fraction of sp³-hybridized carbons (Fsp3) is 0.389. The zero-order valence-electron chi connectivity index (χ0n) is 14.1. The molecule has 2 atom stereocenters. The van der Waals surface area contributed by atoms with Gasteiger partial charge in [-0.1, -0.05) is 12.1 Å². The lowest BCUT2D eigenvalue weighted by molar-refractivity contribution is 0.0701. The van der Waals surface area contributed by atoms with Gasteiger partial charge >= 0.3 is 5.97 Å². The Hall–Kier alpha value is -2.25. The first kappa shape index (κ1) is 17.6. The molecule has 1 amide bonds. The van der Waals surface area contributed by atoms with Gasteiger partial charge in [-0.05, 0) is 38.0 Å². The summed E-state index contributed by atoms with van der Waals surface area (Å²) < 4.78 is 5.41. The number of hydrogen-bond acceptors (Lipinski definition) is 5. The monoisotopic (exact) mass is 360 g/mol. The predicted molar refractivity (Wildman–Crippen MR) is 94.3 cm³/mol. The molecule has 1 saturated heterocycles. The SMILES string of the molecule is Cc1nc(C(C)NC(=O)c2cccc(C3CCOC3)c2)sc1C(=O)O. The fourth-order valence-corrected chi connectivity index (χ4v) is 3.78. The number of aryl methyl sites for hydroxylation is 1. The Morgan fingerprint density at radius 2 is 2.24 bits per heavy atom. The quantitative estimate of drug-likeness (QED) is 0.855. The van der Waals surface area contributed by atoms with Gasteiger partial charge in [0.2, 0.25) is 0 Å². The van der Waals surface area contributed by atoms with Gasteiger partial charge in [0.1, 0.15) is 9.88 Å². The minimum atomic E-state index is -0.994. The Bertz CT molecular complexity index is 796. The molecule has 0 radical (unpaired) electrons. The summed E-state index contributed by atoms with van der Waals surface area (Å²) in [6.07, 6.45) is 0.970. The van der Waals surface area contributed by atoms with Crippen molar-refractivity contribution in [3.05, 3.63) is 51.0 Å². The summed E-state index contributed by atoms with van der Waals surface area (Å²) in [6, 6.07) is 7.21. The molecule has 1 aromatic carbocycles. The van der Waals surface area contributed by atoms with Gasteiger partial charge in [0.05, 0.1) is 18.3 Å². The molecular weight excluding hydrogens is 340 g/mol. The first-order valence-corrected chi connectivity index (χ1v) is 8.96. The van der Waals surface area contributed by atoms with E-state index in [9.17, 15) is 9.59 Å². The maximum atomic E-state index is 12.5. The zero-order valence-corrected chi connectivity index (χ0v) is 14.9. The number of carbonyl (C=O) groups is 2. The summed E-state index contributed by atoms with van der Waals surface area (Å²) in [5.41, 5.74) is 2.16. The van der Waals surface area contributed by atoms with Crippen molar-refractivity contribution in [2.45, 2.75) is 32.2 Å². The fourth-order valence-electron chi connectivity index (χ4n) is 2.87. The molecule has 0 saturated carbocycles. The second kappa shape index (κ2) is 7.33. The molecular formula is C18H20N2O4S. The largest absolute Gasteiger partial charge is 0.477 e. The molecule has 6 nitrogen and oxygen atoms in total. The molecule has 2 heterocycles. The first-order valence-electron chi connectivity index (χ1n) is 8.15. The molecule has 0 aliphatic carbocycles. The number of benzene rings is 1. The van der Waals surface area contributed by atoms with Crippen molar-refractivity contribution in [2.24, 2.45) is 0 Å². The molecule has 3 rings (SSSR count). The van der Waals surface area contributed by atoms with E-state index in [4.69, 9.17) is 9.84 Å². The van der Waals surface area contributed by atoms with Crippen molar-refractivity contribution < 1.29 is 19.4 Å². The third-order valence-electron chi connectivity index (χ3n) is 4.28. The summed E-state index contributed by atoms with van der Waals surface area (Å²) in [6.45, 7) is 4.91. The predicted octanol–water partition coefficient (Wildman–Crippen LogP) is 3.14. The number of rotatable bonds is 5. The number of carboxylic acid groups (broad SMARTS) is 1. The average molecular weight is 360 g/mol. The summed E-state index contributed by atoms with van der Waals surface area (Å²) in [5.74, 6) is -0.853. The first-order chi connectivity index (χ1) is 12.0.